The molecule has 17 heavy (non-hydrogen) atoms. The molecule has 2 aromatic rings. The molecular formula is C12H13N3O2. The molecule has 1 aromatic carbocycles. The van der Waals surface area contributed by atoms with Crippen LogP contribution in [-0.2, 0) is 6.42 Å². The minimum absolute atomic E-state index is 0.448. The molecule has 0 bridgehead atoms. The van der Waals surface area contributed by atoms with Crippen LogP contribution in [-0.4, -0.2) is 22.6 Å². The summed E-state index contributed by atoms with van der Waals surface area (Å²) in [6.45, 7) is 0.508. The molecule has 1 amide bonds. The molecule has 0 saturated heterocycles. The highest BCUT2D eigenvalue weighted by Crippen LogP contribution is 2.07. The standard InChI is InChI=1S/C12H13N3O2/c16-12(17-11-4-2-1-3-5-11)14-7-6-10-8-13-9-15-10/h1-5,8-9H,6-7H2,(H,13,15)(H,14,16). The monoisotopic (exact) mass is 231 g/mol. The van der Waals surface area contributed by atoms with E-state index in [-0.39, 0.29) is 0 Å². The summed E-state index contributed by atoms with van der Waals surface area (Å²) in [7, 11) is 0. The van der Waals surface area contributed by atoms with Crippen molar-refractivity contribution in [2.45, 2.75) is 6.42 Å². The number of hydrogen-bond acceptors (Lipinski definition) is 3. The number of benzene rings is 1. The summed E-state index contributed by atoms with van der Waals surface area (Å²) in [6, 6.07) is 8.95. The van der Waals surface area contributed by atoms with E-state index in [1.54, 1.807) is 24.7 Å². The summed E-state index contributed by atoms with van der Waals surface area (Å²) in [4.78, 5) is 18.2. The van der Waals surface area contributed by atoms with Crippen LogP contribution in [0.5, 0.6) is 5.75 Å². The quantitative estimate of drug-likeness (QED) is 0.842. The fraction of sp³-hybridized carbons (Fsp3) is 0.167. The van der Waals surface area contributed by atoms with Crippen LogP contribution in [0.15, 0.2) is 42.9 Å². The maximum absolute atomic E-state index is 11.4. The van der Waals surface area contributed by atoms with Gasteiger partial charge in [-0.05, 0) is 12.1 Å². The van der Waals surface area contributed by atoms with Crippen molar-refractivity contribution in [1.29, 1.82) is 0 Å². The van der Waals surface area contributed by atoms with Crippen LogP contribution >= 0.6 is 0 Å². The van der Waals surface area contributed by atoms with Crippen LogP contribution < -0.4 is 10.1 Å². The van der Waals surface area contributed by atoms with Gasteiger partial charge < -0.3 is 15.0 Å². The number of H-pyrrole nitrogens is 1. The fourth-order valence-corrected chi connectivity index (χ4v) is 1.35. The van der Waals surface area contributed by atoms with Gasteiger partial charge in [0.05, 0.1) is 6.33 Å². The van der Waals surface area contributed by atoms with Crippen molar-refractivity contribution in [2.75, 3.05) is 6.54 Å². The molecule has 0 atom stereocenters. The van der Waals surface area contributed by atoms with Gasteiger partial charge in [-0.2, -0.15) is 0 Å². The van der Waals surface area contributed by atoms with E-state index in [0.29, 0.717) is 18.7 Å². The summed E-state index contributed by atoms with van der Waals surface area (Å²) >= 11 is 0. The van der Waals surface area contributed by atoms with Gasteiger partial charge >= 0.3 is 6.09 Å². The van der Waals surface area contributed by atoms with E-state index < -0.39 is 6.09 Å². The van der Waals surface area contributed by atoms with E-state index >= 15 is 0 Å². The van der Waals surface area contributed by atoms with Crippen LogP contribution in [0.4, 0.5) is 4.79 Å². The van der Waals surface area contributed by atoms with Gasteiger partial charge in [0.2, 0.25) is 0 Å². The molecule has 5 heteroatoms. The zero-order valence-electron chi connectivity index (χ0n) is 9.22. The maximum Gasteiger partial charge on any atom is 0.412 e. The van der Waals surface area contributed by atoms with Crippen molar-refractivity contribution in [1.82, 2.24) is 15.3 Å². The summed E-state index contributed by atoms with van der Waals surface area (Å²) in [5.41, 5.74) is 0.977. The van der Waals surface area contributed by atoms with Crippen LogP contribution in [0.2, 0.25) is 0 Å². The summed E-state index contributed by atoms with van der Waals surface area (Å²) in [5, 5.41) is 2.66. The normalized spacial score (nSPS) is 9.88. The number of aromatic amines is 1. The van der Waals surface area contributed by atoms with Crippen molar-refractivity contribution in [3.63, 3.8) is 0 Å². The number of hydrogen-bond donors (Lipinski definition) is 2. The summed E-state index contributed by atoms with van der Waals surface area (Å²) < 4.78 is 5.06. The minimum Gasteiger partial charge on any atom is -0.410 e. The van der Waals surface area contributed by atoms with Gasteiger partial charge in [0.15, 0.2) is 0 Å². The van der Waals surface area contributed by atoms with Crippen LogP contribution in [0.1, 0.15) is 5.69 Å². The van der Waals surface area contributed by atoms with Gasteiger partial charge in [0.25, 0.3) is 0 Å². The Morgan fingerprint density at radius 2 is 2.18 bits per heavy atom. The molecule has 0 radical (unpaired) electrons. The van der Waals surface area contributed by atoms with Crippen molar-refractivity contribution in [3.05, 3.63) is 48.5 Å². The molecule has 0 aliphatic carbocycles. The minimum atomic E-state index is -0.448. The molecule has 5 nitrogen and oxygen atoms in total. The molecule has 0 aliphatic rings. The lowest BCUT2D eigenvalue weighted by Crippen LogP contribution is -2.28. The van der Waals surface area contributed by atoms with Crippen LogP contribution in [0, 0.1) is 0 Å². The lowest BCUT2D eigenvalue weighted by Gasteiger charge is -2.05. The molecule has 0 aliphatic heterocycles. The lowest BCUT2D eigenvalue weighted by atomic mass is 10.3. The van der Waals surface area contributed by atoms with Gasteiger partial charge in [-0.15, -0.1) is 0 Å². The largest absolute Gasteiger partial charge is 0.412 e. The fourth-order valence-electron chi connectivity index (χ4n) is 1.35. The first kappa shape index (κ1) is 11.2. The molecule has 0 spiro atoms. The second-order valence-electron chi connectivity index (χ2n) is 3.46. The number of nitrogens with one attached hydrogen (secondary N) is 2. The number of para-hydroxylation sites is 1. The van der Waals surface area contributed by atoms with E-state index in [4.69, 9.17) is 4.74 Å². The van der Waals surface area contributed by atoms with Crippen LogP contribution in [0.25, 0.3) is 0 Å². The van der Waals surface area contributed by atoms with E-state index in [9.17, 15) is 4.79 Å². The zero-order valence-corrected chi connectivity index (χ0v) is 9.22. The number of carbonyl (C=O) groups excluding carboxylic acids is 1. The number of imidazole rings is 1. The molecule has 1 heterocycles. The SMILES string of the molecule is O=C(NCCc1cnc[nH]1)Oc1ccccc1. The topological polar surface area (TPSA) is 67.0 Å². The smallest absolute Gasteiger partial charge is 0.410 e. The zero-order chi connectivity index (χ0) is 11.9. The third kappa shape index (κ3) is 3.64. The third-order valence-corrected chi connectivity index (χ3v) is 2.17. The summed E-state index contributed by atoms with van der Waals surface area (Å²) in [6.07, 6.45) is 3.59. The number of nitrogens with zero attached hydrogens (tertiary/aromatic N) is 1. The number of carbonyl (C=O) groups is 1. The van der Waals surface area contributed by atoms with Crippen LogP contribution in [0.3, 0.4) is 0 Å². The second kappa shape index (κ2) is 5.69. The highest BCUT2D eigenvalue weighted by atomic mass is 16.5. The predicted molar refractivity (Wildman–Crippen MR) is 62.8 cm³/mol. The first-order valence-corrected chi connectivity index (χ1v) is 5.32. The van der Waals surface area contributed by atoms with Crippen molar-refractivity contribution in [3.8, 4) is 5.75 Å². The van der Waals surface area contributed by atoms with Crippen molar-refractivity contribution >= 4 is 6.09 Å². The molecule has 2 N–H and O–H groups in total. The van der Waals surface area contributed by atoms with E-state index in [2.05, 4.69) is 15.3 Å². The highest BCUT2D eigenvalue weighted by Gasteiger charge is 2.03. The number of aromatic nitrogens is 2. The molecule has 0 saturated carbocycles. The summed E-state index contributed by atoms with van der Waals surface area (Å²) in [5.74, 6) is 0.534. The average molecular weight is 231 g/mol. The molecular weight excluding hydrogens is 218 g/mol. The van der Waals surface area contributed by atoms with E-state index in [1.165, 1.54) is 0 Å². The lowest BCUT2D eigenvalue weighted by molar-refractivity contribution is 0.200. The Kier molecular flexibility index (Phi) is 3.75. The Bertz CT molecular complexity index is 454. The molecule has 0 unspecified atom stereocenters. The van der Waals surface area contributed by atoms with Gasteiger partial charge in [-0.1, -0.05) is 18.2 Å². The Balaban J connectivity index is 1.71. The molecule has 0 fully saturated rings. The predicted octanol–water partition coefficient (Wildman–Crippen LogP) is 1.74. The highest BCUT2D eigenvalue weighted by molar-refractivity contribution is 5.70. The Hall–Kier alpha value is -2.30. The van der Waals surface area contributed by atoms with Gasteiger partial charge in [-0.3, -0.25) is 0 Å². The first-order chi connectivity index (χ1) is 8.34. The van der Waals surface area contributed by atoms with Crippen molar-refractivity contribution < 1.29 is 9.53 Å². The Morgan fingerprint density at radius 3 is 2.88 bits per heavy atom. The van der Waals surface area contributed by atoms with Gasteiger partial charge in [0, 0.05) is 24.9 Å². The second-order valence-corrected chi connectivity index (χ2v) is 3.46. The Morgan fingerprint density at radius 1 is 1.35 bits per heavy atom. The number of ether oxygens (including phenoxy) is 1. The number of rotatable bonds is 4. The molecule has 88 valence electrons. The third-order valence-electron chi connectivity index (χ3n) is 2.17. The van der Waals surface area contributed by atoms with Crippen molar-refractivity contribution in [2.24, 2.45) is 0 Å². The van der Waals surface area contributed by atoms with Gasteiger partial charge in [-0.25, -0.2) is 9.78 Å². The average Bonchev–Trinajstić information content (AvgIpc) is 2.83. The van der Waals surface area contributed by atoms with E-state index in [0.717, 1.165) is 5.69 Å². The maximum atomic E-state index is 11.4. The van der Waals surface area contributed by atoms with Gasteiger partial charge in [0.1, 0.15) is 5.75 Å². The number of amides is 1. The Labute approximate surface area is 98.8 Å². The molecule has 2 rings (SSSR count). The molecule has 1 aromatic heterocycles. The first-order valence-electron chi connectivity index (χ1n) is 5.32. The van der Waals surface area contributed by atoms with E-state index in [1.807, 2.05) is 18.2 Å².